The number of aryl methyl sites for hydroxylation is 3. The minimum Gasteiger partial charge on any atom is -0.314 e. The SMILES string of the molecule is CC(C)=C[PH](=O)C(=O)c1c(C)cc(C)cc1C. The quantitative estimate of drug-likeness (QED) is 0.752. The summed E-state index contributed by atoms with van der Waals surface area (Å²) in [6.45, 7) is 9.48. The highest BCUT2D eigenvalue weighted by Crippen LogP contribution is 2.32. The van der Waals surface area contributed by atoms with Gasteiger partial charge in [-0.15, -0.1) is 0 Å². The van der Waals surface area contributed by atoms with Crippen LogP contribution in [0.5, 0.6) is 0 Å². The van der Waals surface area contributed by atoms with E-state index < -0.39 is 7.80 Å². The fourth-order valence-electron chi connectivity index (χ4n) is 1.99. The van der Waals surface area contributed by atoms with E-state index in [1.807, 2.05) is 46.8 Å². The van der Waals surface area contributed by atoms with Gasteiger partial charge in [0.1, 0.15) is 0 Å². The smallest absolute Gasteiger partial charge is 0.222 e. The van der Waals surface area contributed by atoms with Gasteiger partial charge in [0, 0.05) is 5.56 Å². The van der Waals surface area contributed by atoms with Crippen LogP contribution in [0.25, 0.3) is 0 Å². The third kappa shape index (κ3) is 3.41. The van der Waals surface area contributed by atoms with Gasteiger partial charge in [-0.1, -0.05) is 23.3 Å². The first-order chi connectivity index (χ1) is 7.82. The lowest BCUT2D eigenvalue weighted by molar-refractivity contribution is 0.107. The van der Waals surface area contributed by atoms with Crippen molar-refractivity contribution in [3.63, 3.8) is 0 Å². The van der Waals surface area contributed by atoms with E-state index in [-0.39, 0.29) is 5.52 Å². The normalized spacial score (nSPS) is 12.1. The predicted molar refractivity (Wildman–Crippen MR) is 73.4 cm³/mol. The molecule has 0 N–H and O–H groups in total. The van der Waals surface area contributed by atoms with Crippen LogP contribution in [0, 0.1) is 20.8 Å². The van der Waals surface area contributed by atoms with Crippen molar-refractivity contribution in [1.29, 1.82) is 0 Å². The van der Waals surface area contributed by atoms with E-state index in [0.29, 0.717) is 5.56 Å². The zero-order valence-electron chi connectivity index (χ0n) is 11.0. The number of benzene rings is 1. The molecule has 1 unspecified atom stereocenters. The maximum atomic E-state index is 12.1. The van der Waals surface area contributed by atoms with Gasteiger partial charge in [-0.25, -0.2) is 0 Å². The second-order valence-corrected chi connectivity index (χ2v) is 6.16. The summed E-state index contributed by atoms with van der Waals surface area (Å²) in [5.74, 6) is 1.58. The number of carbonyl (C=O) groups is 1. The van der Waals surface area contributed by atoms with E-state index in [4.69, 9.17) is 0 Å². The molecule has 2 nitrogen and oxygen atoms in total. The van der Waals surface area contributed by atoms with Gasteiger partial charge in [0.25, 0.3) is 0 Å². The molecule has 0 aliphatic rings. The van der Waals surface area contributed by atoms with Crippen LogP contribution in [0.3, 0.4) is 0 Å². The molecule has 1 rings (SSSR count). The molecule has 0 aliphatic heterocycles. The average molecular weight is 250 g/mol. The number of carbonyl (C=O) groups excluding carboxylic acids is 1. The molecule has 0 heterocycles. The first kappa shape index (κ1) is 13.9. The Bertz CT molecular complexity index is 486. The van der Waals surface area contributed by atoms with Crippen LogP contribution in [0.4, 0.5) is 0 Å². The Kier molecular flexibility index (Phi) is 4.47. The third-order valence-electron chi connectivity index (χ3n) is 2.55. The van der Waals surface area contributed by atoms with Crippen LogP contribution in [-0.2, 0) is 4.57 Å². The molecule has 0 fully saturated rings. The van der Waals surface area contributed by atoms with Gasteiger partial charge in [-0.2, -0.15) is 0 Å². The largest absolute Gasteiger partial charge is 0.314 e. The molecule has 1 atom stereocenters. The second kappa shape index (κ2) is 5.46. The summed E-state index contributed by atoms with van der Waals surface area (Å²) in [7, 11) is -2.33. The van der Waals surface area contributed by atoms with Crippen molar-refractivity contribution < 1.29 is 9.36 Å². The molecule has 1 aromatic carbocycles. The Hall–Kier alpha value is -1.14. The van der Waals surface area contributed by atoms with Crippen molar-refractivity contribution in [3.05, 3.63) is 45.8 Å². The molecule has 0 aliphatic carbocycles. The fraction of sp³-hybridized carbons (Fsp3) is 0.357. The monoisotopic (exact) mass is 250 g/mol. The molecule has 0 spiro atoms. The molecule has 0 saturated carbocycles. The van der Waals surface area contributed by atoms with Crippen LogP contribution in [0.1, 0.15) is 40.9 Å². The Balaban J connectivity index is 3.22. The van der Waals surface area contributed by atoms with Crippen molar-refractivity contribution >= 4 is 13.3 Å². The molecule has 0 radical (unpaired) electrons. The van der Waals surface area contributed by atoms with Crippen molar-refractivity contribution in [2.45, 2.75) is 34.6 Å². The van der Waals surface area contributed by atoms with Gasteiger partial charge in [0.15, 0.2) is 7.80 Å². The van der Waals surface area contributed by atoms with Crippen molar-refractivity contribution in [3.8, 4) is 0 Å². The number of hydrogen-bond donors (Lipinski definition) is 0. The Morgan fingerprint density at radius 3 is 2.00 bits per heavy atom. The summed E-state index contributed by atoms with van der Waals surface area (Å²) in [5.41, 5.74) is 4.26. The van der Waals surface area contributed by atoms with Crippen LogP contribution >= 0.6 is 7.80 Å². The number of rotatable bonds is 3. The molecule has 0 bridgehead atoms. The molecule has 0 amide bonds. The topological polar surface area (TPSA) is 34.1 Å². The lowest BCUT2D eigenvalue weighted by Crippen LogP contribution is -2.00. The zero-order chi connectivity index (χ0) is 13.2. The standard InChI is InChI=1S/C14H19O2P/c1-9(2)8-17(16)14(15)13-11(4)6-10(3)7-12(13)5/h6-8,17H,1-5H3. The van der Waals surface area contributed by atoms with Crippen LogP contribution in [-0.4, -0.2) is 5.52 Å². The number of hydrogen-bond acceptors (Lipinski definition) is 2. The summed E-state index contributed by atoms with van der Waals surface area (Å²) in [4.78, 5) is 12.1. The second-order valence-electron chi connectivity index (χ2n) is 4.69. The zero-order valence-corrected chi connectivity index (χ0v) is 12.0. The molecule has 17 heavy (non-hydrogen) atoms. The van der Waals surface area contributed by atoms with E-state index >= 15 is 0 Å². The van der Waals surface area contributed by atoms with E-state index in [2.05, 4.69) is 0 Å². The Morgan fingerprint density at radius 2 is 1.59 bits per heavy atom. The molecule has 1 aromatic rings. The summed E-state index contributed by atoms with van der Waals surface area (Å²) >= 11 is 0. The highest BCUT2D eigenvalue weighted by atomic mass is 31.1. The van der Waals surface area contributed by atoms with Crippen LogP contribution in [0.2, 0.25) is 0 Å². The Labute approximate surface area is 104 Å². The van der Waals surface area contributed by atoms with Crippen molar-refractivity contribution in [2.75, 3.05) is 0 Å². The first-order valence-corrected chi connectivity index (χ1v) is 7.13. The number of allylic oxidation sites excluding steroid dienone is 1. The maximum Gasteiger partial charge on any atom is 0.222 e. The molecule has 0 saturated heterocycles. The highest BCUT2D eigenvalue weighted by Gasteiger charge is 2.17. The Morgan fingerprint density at radius 1 is 1.12 bits per heavy atom. The summed E-state index contributed by atoms with van der Waals surface area (Å²) in [6.07, 6.45) is 0. The van der Waals surface area contributed by atoms with Crippen molar-refractivity contribution in [1.82, 2.24) is 0 Å². The first-order valence-electron chi connectivity index (χ1n) is 5.64. The highest BCUT2D eigenvalue weighted by molar-refractivity contribution is 7.67. The summed E-state index contributed by atoms with van der Waals surface area (Å²) in [5, 5.41) is 0. The minimum atomic E-state index is -2.33. The summed E-state index contributed by atoms with van der Waals surface area (Å²) in [6, 6.07) is 3.91. The van der Waals surface area contributed by atoms with Gasteiger partial charge >= 0.3 is 0 Å². The molecule has 3 heteroatoms. The van der Waals surface area contributed by atoms with E-state index in [1.54, 1.807) is 5.82 Å². The van der Waals surface area contributed by atoms with E-state index in [1.165, 1.54) is 0 Å². The fourth-order valence-corrected chi connectivity index (χ4v) is 3.29. The third-order valence-corrected chi connectivity index (χ3v) is 4.08. The molecular weight excluding hydrogens is 231 g/mol. The molecule has 92 valence electrons. The van der Waals surface area contributed by atoms with Crippen molar-refractivity contribution in [2.24, 2.45) is 0 Å². The maximum absolute atomic E-state index is 12.1. The lowest BCUT2D eigenvalue weighted by atomic mass is 10.0. The minimum absolute atomic E-state index is 0.230. The van der Waals surface area contributed by atoms with Gasteiger partial charge < -0.3 is 4.57 Å². The summed E-state index contributed by atoms with van der Waals surface area (Å²) < 4.78 is 11.9. The molecular formula is C14H19O2P. The van der Waals surface area contributed by atoms with Gasteiger partial charge in [-0.05, 0) is 51.6 Å². The van der Waals surface area contributed by atoms with E-state index in [9.17, 15) is 9.36 Å². The van der Waals surface area contributed by atoms with Gasteiger partial charge in [-0.3, -0.25) is 4.79 Å². The van der Waals surface area contributed by atoms with Crippen LogP contribution < -0.4 is 0 Å². The van der Waals surface area contributed by atoms with E-state index in [0.717, 1.165) is 22.3 Å². The average Bonchev–Trinajstić information content (AvgIpc) is 2.14. The van der Waals surface area contributed by atoms with Crippen LogP contribution in [0.15, 0.2) is 23.5 Å². The van der Waals surface area contributed by atoms with Gasteiger partial charge in [0.2, 0.25) is 5.52 Å². The predicted octanol–water partition coefficient (Wildman–Crippen LogP) is 4.24. The molecule has 0 aromatic heterocycles. The lowest BCUT2D eigenvalue weighted by Gasteiger charge is -2.09. The van der Waals surface area contributed by atoms with Gasteiger partial charge in [0.05, 0.1) is 0 Å².